The molecular formula is C66H34N2O4S. The van der Waals surface area contributed by atoms with Gasteiger partial charge in [0.05, 0.1) is 38.2 Å². The minimum Gasteiger partial charge on any atom is -0.456 e. The van der Waals surface area contributed by atoms with Crippen molar-refractivity contribution in [1.82, 2.24) is 9.13 Å². The minimum atomic E-state index is 0.794. The van der Waals surface area contributed by atoms with Crippen LogP contribution in [0.1, 0.15) is 0 Å². The van der Waals surface area contributed by atoms with E-state index in [1.807, 2.05) is 29.5 Å². The third kappa shape index (κ3) is 5.01. The fourth-order valence-electron chi connectivity index (χ4n) is 12.5. The second-order valence-corrected chi connectivity index (χ2v) is 20.6. The largest absolute Gasteiger partial charge is 0.456 e. The molecule has 0 N–H and O–H groups in total. The normalized spacial score (nSPS) is 12.7. The van der Waals surface area contributed by atoms with E-state index >= 15 is 0 Å². The molecule has 18 aromatic rings. The van der Waals surface area contributed by atoms with Gasteiger partial charge in [-0.1, -0.05) is 84.9 Å². The molecule has 73 heavy (non-hydrogen) atoms. The van der Waals surface area contributed by atoms with Crippen molar-refractivity contribution in [2.75, 3.05) is 0 Å². The van der Waals surface area contributed by atoms with Gasteiger partial charge in [-0.3, -0.25) is 0 Å². The zero-order chi connectivity index (χ0) is 47.2. The summed E-state index contributed by atoms with van der Waals surface area (Å²) in [6.07, 6.45) is 0. The van der Waals surface area contributed by atoms with Crippen LogP contribution in [0, 0.1) is 0 Å². The van der Waals surface area contributed by atoms with Crippen LogP contribution in [0.4, 0.5) is 0 Å². The van der Waals surface area contributed by atoms with Crippen LogP contribution in [0.2, 0.25) is 0 Å². The highest BCUT2D eigenvalue weighted by atomic mass is 32.1. The van der Waals surface area contributed by atoms with Gasteiger partial charge in [0.15, 0.2) is 0 Å². The predicted octanol–water partition coefficient (Wildman–Crippen LogP) is 19.5. The number of rotatable bonds is 3. The quantitative estimate of drug-likeness (QED) is 0.177. The van der Waals surface area contributed by atoms with E-state index in [-0.39, 0.29) is 0 Å². The van der Waals surface area contributed by atoms with E-state index in [2.05, 4.69) is 197 Å². The Balaban J connectivity index is 0.776. The van der Waals surface area contributed by atoms with Crippen molar-refractivity contribution in [3.8, 4) is 22.5 Å². The molecule has 0 bridgehead atoms. The highest BCUT2D eigenvalue weighted by molar-refractivity contribution is 7.25. The van der Waals surface area contributed by atoms with Gasteiger partial charge >= 0.3 is 0 Å². The summed E-state index contributed by atoms with van der Waals surface area (Å²) in [6, 6.07) is 73.9. The van der Waals surface area contributed by atoms with Crippen LogP contribution in [0.3, 0.4) is 0 Å². The summed E-state index contributed by atoms with van der Waals surface area (Å²) < 4.78 is 33.9. The third-order valence-electron chi connectivity index (χ3n) is 15.7. The maximum absolute atomic E-state index is 6.85. The van der Waals surface area contributed by atoms with Crippen molar-refractivity contribution >= 4 is 163 Å². The Bertz CT molecular complexity index is 5470. The Morgan fingerprint density at radius 3 is 1.36 bits per heavy atom. The lowest BCUT2D eigenvalue weighted by molar-refractivity contribution is 0.662. The number of benzene rings is 11. The predicted molar refractivity (Wildman–Crippen MR) is 303 cm³/mol. The molecule has 18 rings (SSSR count). The number of aromatic nitrogens is 2. The van der Waals surface area contributed by atoms with E-state index in [0.717, 1.165) is 148 Å². The van der Waals surface area contributed by atoms with Crippen LogP contribution >= 0.6 is 11.3 Å². The molecule has 0 amide bonds. The van der Waals surface area contributed by atoms with Gasteiger partial charge < -0.3 is 26.8 Å². The summed E-state index contributed by atoms with van der Waals surface area (Å²) in [5.41, 5.74) is 15.8. The summed E-state index contributed by atoms with van der Waals surface area (Å²) in [5, 5.41) is 15.7. The molecule has 0 aliphatic carbocycles. The molecule has 0 saturated heterocycles. The fourth-order valence-corrected chi connectivity index (χ4v) is 13.6. The molecule has 0 spiro atoms. The molecule has 7 aromatic heterocycles. The monoisotopic (exact) mass is 950 g/mol. The smallest absolute Gasteiger partial charge is 0.147 e. The van der Waals surface area contributed by atoms with E-state index in [1.54, 1.807) is 0 Å². The molecule has 338 valence electrons. The van der Waals surface area contributed by atoms with Crippen LogP contribution in [-0.2, 0) is 0 Å². The Kier molecular flexibility index (Phi) is 7.14. The molecule has 11 aromatic carbocycles. The van der Waals surface area contributed by atoms with E-state index < -0.39 is 0 Å². The van der Waals surface area contributed by atoms with Crippen LogP contribution in [0.15, 0.2) is 224 Å². The standard InChI is InChI=1S/C66H34N2O4S/c1-5-13-50-44(11-1)61-52(24-21-41-39-9-3-7-15-54(39)70-64(41)61)67(50)37-19-27-57-49(34-37)63-58(69-57)28-23-43-46-31-35(17-26-56(46)72-66(43)63)36-18-29-59-47(32-36)48-33-38(20-30-60(48)73-59)68-51-14-6-2-12-45(51)62-53(68)25-22-42-40-10-4-8-16-55(40)71-65(42)62/h1-34H. The first-order valence-corrected chi connectivity index (χ1v) is 25.4. The molecule has 0 unspecified atom stereocenters. The van der Waals surface area contributed by atoms with Crippen molar-refractivity contribution < 1.29 is 17.7 Å². The van der Waals surface area contributed by atoms with Gasteiger partial charge in [-0.25, -0.2) is 0 Å². The van der Waals surface area contributed by atoms with E-state index in [0.29, 0.717) is 0 Å². The first-order valence-electron chi connectivity index (χ1n) is 24.6. The van der Waals surface area contributed by atoms with Crippen molar-refractivity contribution in [1.29, 1.82) is 0 Å². The average molecular weight is 951 g/mol. The zero-order valence-electron chi connectivity index (χ0n) is 38.6. The number of thiophene rings is 1. The average Bonchev–Trinajstić information content (AvgIpc) is 4.32. The molecule has 7 heterocycles. The third-order valence-corrected chi connectivity index (χ3v) is 16.9. The lowest BCUT2D eigenvalue weighted by Crippen LogP contribution is -1.93. The topological polar surface area (TPSA) is 62.4 Å². The van der Waals surface area contributed by atoms with E-state index in [1.165, 1.54) is 25.6 Å². The van der Waals surface area contributed by atoms with Gasteiger partial charge in [-0.05, 0) is 132 Å². The van der Waals surface area contributed by atoms with Gasteiger partial charge in [0.25, 0.3) is 0 Å². The van der Waals surface area contributed by atoms with Crippen LogP contribution in [0.25, 0.3) is 174 Å². The highest BCUT2D eigenvalue weighted by Gasteiger charge is 2.23. The van der Waals surface area contributed by atoms with Crippen LogP contribution < -0.4 is 0 Å². The molecular weight excluding hydrogens is 917 g/mol. The van der Waals surface area contributed by atoms with Crippen molar-refractivity contribution in [2.45, 2.75) is 0 Å². The summed E-state index contributed by atoms with van der Waals surface area (Å²) >= 11 is 1.84. The molecule has 0 fully saturated rings. The minimum absolute atomic E-state index is 0.794. The summed E-state index contributed by atoms with van der Waals surface area (Å²) in [5.74, 6) is 0. The second-order valence-electron chi connectivity index (χ2n) is 19.5. The molecule has 7 heteroatoms. The maximum Gasteiger partial charge on any atom is 0.147 e. The maximum atomic E-state index is 6.85. The lowest BCUT2D eigenvalue weighted by Gasteiger charge is -2.08. The molecule has 6 nitrogen and oxygen atoms in total. The zero-order valence-corrected chi connectivity index (χ0v) is 39.4. The Hall–Kier alpha value is -9.56. The number of para-hydroxylation sites is 4. The number of hydrogen-bond acceptors (Lipinski definition) is 5. The number of hydrogen-bond donors (Lipinski definition) is 0. The SMILES string of the molecule is c1ccc2c(c1)oc1c2ccc2c1c1ccccc1n2-c1ccc2sc3ccc(-c4ccc5oc6c(ccc7oc8ccc(-n9c%10ccccc%10c%10c%11oc%12ccccc%12c%11ccc%109)cc8c76)c5c4)cc3c2c1. The van der Waals surface area contributed by atoms with E-state index in [9.17, 15) is 0 Å². The first-order chi connectivity index (χ1) is 36.2. The first kappa shape index (κ1) is 38.2. The Morgan fingerprint density at radius 1 is 0.260 bits per heavy atom. The van der Waals surface area contributed by atoms with Crippen LogP contribution in [-0.4, -0.2) is 9.13 Å². The van der Waals surface area contributed by atoms with Crippen molar-refractivity contribution in [3.05, 3.63) is 206 Å². The number of furan rings is 4. The second kappa shape index (κ2) is 13.6. The van der Waals surface area contributed by atoms with Crippen molar-refractivity contribution in [3.63, 3.8) is 0 Å². The van der Waals surface area contributed by atoms with E-state index in [4.69, 9.17) is 17.7 Å². The highest BCUT2D eigenvalue weighted by Crippen LogP contribution is 2.46. The summed E-state index contributed by atoms with van der Waals surface area (Å²) in [7, 11) is 0. The fraction of sp³-hybridized carbons (Fsp3) is 0. The van der Waals surface area contributed by atoms with Crippen LogP contribution in [0.5, 0.6) is 0 Å². The molecule has 0 aliphatic heterocycles. The lowest BCUT2D eigenvalue weighted by atomic mass is 10.00. The summed E-state index contributed by atoms with van der Waals surface area (Å²) in [4.78, 5) is 0. The Labute approximate surface area is 416 Å². The van der Waals surface area contributed by atoms with Crippen molar-refractivity contribution in [2.24, 2.45) is 0 Å². The Morgan fingerprint density at radius 2 is 0.699 bits per heavy atom. The molecule has 0 radical (unpaired) electrons. The van der Waals surface area contributed by atoms with Gasteiger partial charge in [-0.15, -0.1) is 11.3 Å². The van der Waals surface area contributed by atoms with Gasteiger partial charge in [0.1, 0.15) is 44.7 Å². The molecule has 0 saturated carbocycles. The van der Waals surface area contributed by atoms with Gasteiger partial charge in [0.2, 0.25) is 0 Å². The molecule has 0 aliphatic rings. The summed E-state index contributed by atoms with van der Waals surface area (Å²) in [6.45, 7) is 0. The number of nitrogens with zero attached hydrogens (tertiary/aromatic N) is 2. The number of fused-ring (bicyclic) bond motifs is 24. The van der Waals surface area contributed by atoms with Gasteiger partial charge in [-0.2, -0.15) is 0 Å². The molecule has 0 atom stereocenters. The van der Waals surface area contributed by atoms with Gasteiger partial charge in [0, 0.05) is 80.0 Å².